The van der Waals surface area contributed by atoms with E-state index in [0.717, 1.165) is 25.0 Å². The Balaban J connectivity index is 1.86. The van der Waals surface area contributed by atoms with Crippen LogP contribution in [0.1, 0.15) is 38.4 Å². The van der Waals surface area contributed by atoms with Crippen LogP contribution in [0.4, 0.5) is 0 Å². The van der Waals surface area contributed by atoms with Crippen molar-refractivity contribution in [3.63, 3.8) is 0 Å². The van der Waals surface area contributed by atoms with E-state index in [2.05, 4.69) is 12.2 Å². The van der Waals surface area contributed by atoms with Crippen LogP contribution in [0.15, 0.2) is 24.3 Å². The average molecular weight is 309 g/mol. The summed E-state index contributed by atoms with van der Waals surface area (Å²) in [5.74, 6) is 0.137. The first-order valence-electron chi connectivity index (χ1n) is 7.53. The van der Waals surface area contributed by atoms with Crippen LogP contribution in [-0.4, -0.2) is 35.6 Å². The minimum absolute atomic E-state index is 0.0677. The molecular formula is C16H21ClN2O2. The van der Waals surface area contributed by atoms with Crippen molar-refractivity contribution in [1.82, 2.24) is 10.2 Å². The van der Waals surface area contributed by atoms with Crippen molar-refractivity contribution in [2.75, 3.05) is 6.61 Å². The van der Waals surface area contributed by atoms with Gasteiger partial charge in [-0.05, 0) is 44.4 Å². The fourth-order valence-corrected chi connectivity index (χ4v) is 3.37. The molecule has 0 spiro atoms. The van der Waals surface area contributed by atoms with Gasteiger partial charge in [0.15, 0.2) is 0 Å². The maximum absolute atomic E-state index is 12.5. The first-order chi connectivity index (χ1) is 10.1. The number of hydrogen-bond donors (Lipinski definition) is 1. The Bertz CT molecular complexity index is 514. The monoisotopic (exact) mass is 308 g/mol. The lowest BCUT2D eigenvalue weighted by atomic mass is 10.1. The molecule has 4 nitrogen and oxygen atoms in total. The molecule has 2 aliphatic heterocycles. The van der Waals surface area contributed by atoms with E-state index >= 15 is 0 Å². The first-order valence-corrected chi connectivity index (χ1v) is 7.91. The molecule has 3 rings (SSSR count). The lowest BCUT2D eigenvalue weighted by Crippen LogP contribution is -2.44. The standard InChI is InChI=1S/C16H21ClN2O2/c1-10-16(20)19(11(2)14-4-3-9-21-14)15(18-10)12-5-7-13(17)8-6-12/h5-8,10-11,14-15,18H,3-4,9H2,1-2H3. The number of rotatable bonds is 3. The molecule has 1 amide bonds. The Hall–Kier alpha value is -1.10. The highest BCUT2D eigenvalue weighted by atomic mass is 35.5. The summed E-state index contributed by atoms with van der Waals surface area (Å²) in [6, 6.07) is 7.57. The van der Waals surface area contributed by atoms with E-state index in [1.165, 1.54) is 0 Å². The maximum atomic E-state index is 12.5. The molecule has 21 heavy (non-hydrogen) atoms. The topological polar surface area (TPSA) is 41.6 Å². The molecule has 4 atom stereocenters. The summed E-state index contributed by atoms with van der Waals surface area (Å²) in [5.41, 5.74) is 1.06. The zero-order chi connectivity index (χ0) is 15.0. The van der Waals surface area contributed by atoms with Crippen molar-refractivity contribution in [3.05, 3.63) is 34.9 Å². The van der Waals surface area contributed by atoms with Gasteiger partial charge in [0, 0.05) is 11.6 Å². The number of nitrogens with zero attached hydrogens (tertiary/aromatic N) is 1. The van der Waals surface area contributed by atoms with E-state index in [-0.39, 0.29) is 30.3 Å². The molecule has 5 heteroatoms. The number of nitrogens with one attached hydrogen (secondary N) is 1. The van der Waals surface area contributed by atoms with Crippen molar-refractivity contribution in [1.29, 1.82) is 0 Å². The first kappa shape index (κ1) is 14.8. The molecule has 4 unspecified atom stereocenters. The van der Waals surface area contributed by atoms with Crippen molar-refractivity contribution in [2.24, 2.45) is 0 Å². The molecular weight excluding hydrogens is 288 g/mol. The summed E-state index contributed by atoms with van der Waals surface area (Å²) in [5, 5.41) is 4.08. The Morgan fingerprint density at radius 2 is 2.10 bits per heavy atom. The largest absolute Gasteiger partial charge is 0.376 e. The number of amides is 1. The van der Waals surface area contributed by atoms with Gasteiger partial charge in [-0.15, -0.1) is 0 Å². The van der Waals surface area contributed by atoms with Crippen LogP contribution < -0.4 is 5.32 Å². The molecule has 0 aromatic heterocycles. The van der Waals surface area contributed by atoms with E-state index in [4.69, 9.17) is 16.3 Å². The Morgan fingerprint density at radius 1 is 1.38 bits per heavy atom. The zero-order valence-electron chi connectivity index (χ0n) is 12.4. The molecule has 0 bridgehead atoms. The number of ether oxygens (including phenoxy) is 1. The molecule has 114 valence electrons. The van der Waals surface area contributed by atoms with Gasteiger partial charge in [-0.2, -0.15) is 0 Å². The van der Waals surface area contributed by atoms with Crippen LogP contribution in [-0.2, 0) is 9.53 Å². The summed E-state index contributed by atoms with van der Waals surface area (Å²) in [4.78, 5) is 14.5. The molecule has 2 heterocycles. The SMILES string of the molecule is CC1NC(c2ccc(Cl)cc2)N(C(C)C2CCCO2)C1=O. The quantitative estimate of drug-likeness (QED) is 0.933. The van der Waals surface area contributed by atoms with Gasteiger partial charge < -0.3 is 9.64 Å². The molecule has 0 saturated carbocycles. The summed E-state index contributed by atoms with van der Waals surface area (Å²) < 4.78 is 5.77. The molecule has 2 saturated heterocycles. The molecule has 2 aliphatic rings. The third-order valence-electron chi connectivity index (χ3n) is 4.44. The second kappa shape index (κ2) is 5.95. The predicted molar refractivity (Wildman–Crippen MR) is 82.1 cm³/mol. The Kier molecular flexibility index (Phi) is 4.20. The van der Waals surface area contributed by atoms with E-state index < -0.39 is 0 Å². The summed E-state index contributed by atoms with van der Waals surface area (Å²) in [6.07, 6.45) is 2.12. The highest BCUT2D eigenvalue weighted by Crippen LogP contribution is 2.31. The van der Waals surface area contributed by atoms with E-state index in [9.17, 15) is 4.79 Å². The molecule has 1 aromatic carbocycles. The molecule has 0 aliphatic carbocycles. The molecule has 0 radical (unpaired) electrons. The van der Waals surface area contributed by atoms with Crippen molar-refractivity contribution in [3.8, 4) is 0 Å². The third kappa shape index (κ3) is 2.80. The van der Waals surface area contributed by atoms with Crippen LogP contribution in [0.3, 0.4) is 0 Å². The summed E-state index contributed by atoms with van der Waals surface area (Å²) in [7, 11) is 0. The number of benzene rings is 1. The van der Waals surface area contributed by atoms with Crippen LogP contribution in [0, 0.1) is 0 Å². The van der Waals surface area contributed by atoms with Gasteiger partial charge >= 0.3 is 0 Å². The van der Waals surface area contributed by atoms with Gasteiger partial charge in [-0.1, -0.05) is 23.7 Å². The number of carbonyl (C=O) groups is 1. The van der Waals surface area contributed by atoms with Crippen LogP contribution >= 0.6 is 11.6 Å². The average Bonchev–Trinajstić information content (AvgIpc) is 3.09. The normalized spacial score (nSPS) is 30.9. The van der Waals surface area contributed by atoms with Gasteiger partial charge in [0.05, 0.1) is 18.2 Å². The fourth-order valence-electron chi connectivity index (χ4n) is 3.24. The fraction of sp³-hybridized carbons (Fsp3) is 0.562. The van der Waals surface area contributed by atoms with Crippen molar-refractivity contribution < 1.29 is 9.53 Å². The Morgan fingerprint density at radius 3 is 2.71 bits per heavy atom. The highest BCUT2D eigenvalue weighted by molar-refractivity contribution is 6.30. The molecule has 1 aromatic rings. The van der Waals surface area contributed by atoms with Crippen molar-refractivity contribution >= 4 is 17.5 Å². The van der Waals surface area contributed by atoms with Crippen molar-refractivity contribution in [2.45, 2.75) is 51.0 Å². The molecule has 1 N–H and O–H groups in total. The van der Waals surface area contributed by atoms with Crippen LogP contribution in [0.2, 0.25) is 5.02 Å². The van der Waals surface area contributed by atoms with Gasteiger partial charge in [0.25, 0.3) is 0 Å². The van der Waals surface area contributed by atoms with E-state index in [1.807, 2.05) is 36.1 Å². The smallest absolute Gasteiger partial charge is 0.241 e. The van der Waals surface area contributed by atoms with E-state index in [1.54, 1.807) is 0 Å². The summed E-state index contributed by atoms with van der Waals surface area (Å²) in [6.45, 7) is 4.79. The van der Waals surface area contributed by atoms with Crippen LogP contribution in [0.5, 0.6) is 0 Å². The third-order valence-corrected chi connectivity index (χ3v) is 4.69. The lowest BCUT2D eigenvalue weighted by Gasteiger charge is -2.33. The van der Waals surface area contributed by atoms with Gasteiger partial charge in [-0.3, -0.25) is 10.1 Å². The minimum Gasteiger partial charge on any atom is -0.376 e. The predicted octanol–water partition coefficient (Wildman–Crippen LogP) is 2.73. The van der Waals surface area contributed by atoms with Gasteiger partial charge in [0.1, 0.15) is 6.17 Å². The number of halogens is 1. The highest BCUT2D eigenvalue weighted by Gasteiger charge is 2.42. The molecule has 2 fully saturated rings. The van der Waals surface area contributed by atoms with Crippen LogP contribution in [0.25, 0.3) is 0 Å². The van der Waals surface area contributed by atoms with E-state index in [0.29, 0.717) is 5.02 Å². The van der Waals surface area contributed by atoms with Gasteiger partial charge in [-0.25, -0.2) is 0 Å². The van der Waals surface area contributed by atoms with Gasteiger partial charge in [0.2, 0.25) is 5.91 Å². The number of carbonyl (C=O) groups excluding carboxylic acids is 1. The second-order valence-corrected chi connectivity index (χ2v) is 6.32. The summed E-state index contributed by atoms with van der Waals surface area (Å²) >= 11 is 5.96. The maximum Gasteiger partial charge on any atom is 0.241 e. The zero-order valence-corrected chi connectivity index (χ0v) is 13.1. The minimum atomic E-state index is -0.172. The lowest BCUT2D eigenvalue weighted by molar-refractivity contribution is -0.134. The Labute approximate surface area is 130 Å². The second-order valence-electron chi connectivity index (χ2n) is 5.88. The number of hydrogen-bond acceptors (Lipinski definition) is 3.